The molecule has 0 aromatic heterocycles. The van der Waals surface area contributed by atoms with Crippen LogP contribution in [0.15, 0.2) is 194 Å². The third-order valence-corrected chi connectivity index (χ3v) is 15.1. The van der Waals surface area contributed by atoms with Gasteiger partial charge in [-0.15, -0.1) is 0 Å². The van der Waals surface area contributed by atoms with Gasteiger partial charge in [0.15, 0.2) is 0 Å². The van der Waals surface area contributed by atoms with Crippen molar-refractivity contribution in [3.8, 4) is 34.1 Å². The minimum absolute atomic E-state index is 0.754. The zero-order chi connectivity index (χ0) is 56.8. The van der Waals surface area contributed by atoms with Gasteiger partial charge < -0.3 is 18.9 Å². The van der Waals surface area contributed by atoms with Gasteiger partial charge in [0.1, 0.15) is 23.0 Å². The van der Waals surface area contributed by atoms with E-state index in [2.05, 4.69) is 220 Å². The van der Waals surface area contributed by atoms with Crippen molar-refractivity contribution < 1.29 is 18.9 Å². The van der Waals surface area contributed by atoms with Gasteiger partial charge in [-0.05, 0) is 157 Å². The molecule has 0 saturated heterocycles. The summed E-state index contributed by atoms with van der Waals surface area (Å²) in [6.07, 6.45) is 33.8. The third-order valence-electron chi connectivity index (χ3n) is 15.1. The van der Waals surface area contributed by atoms with Crippen molar-refractivity contribution in [3.05, 3.63) is 250 Å². The van der Waals surface area contributed by atoms with Crippen LogP contribution < -0.4 is 18.9 Å². The van der Waals surface area contributed by atoms with E-state index < -0.39 is 0 Å². The van der Waals surface area contributed by atoms with Crippen LogP contribution in [-0.2, 0) is 0 Å². The maximum Gasteiger partial charge on any atom is 0.119 e. The maximum atomic E-state index is 6.23. The first-order valence-corrected chi connectivity index (χ1v) is 30.4. The molecule has 0 spiro atoms. The highest BCUT2D eigenvalue weighted by molar-refractivity contribution is 6.04. The highest BCUT2D eigenvalue weighted by atomic mass is 16.5. The number of unbranched alkanes of at least 4 members (excludes halogenated alkanes) is 14. The smallest absolute Gasteiger partial charge is 0.119 e. The number of hydrogen-bond acceptors (Lipinski definition) is 4. The van der Waals surface area contributed by atoms with Crippen molar-refractivity contribution in [3.63, 3.8) is 0 Å². The Morgan fingerprint density at radius 3 is 1.02 bits per heavy atom. The summed E-state index contributed by atoms with van der Waals surface area (Å²) in [5.41, 5.74) is 15.8. The fourth-order valence-electron chi connectivity index (χ4n) is 10.5. The van der Waals surface area contributed by atoms with E-state index >= 15 is 0 Å². The molecule has 0 aliphatic carbocycles. The van der Waals surface area contributed by atoms with Crippen LogP contribution in [0.4, 0.5) is 0 Å². The summed E-state index contributed by atoms with van der Waals surface area (Å²) < 4.78 is 23.6. The largest absolute Gasteiger partial charge is 0.497 e. The normalized spacial score (nSPS) is 11.4. The Labute approximate surface area is 491 Å². The van der Waals surface area contributed by atoms with Gasteiger partial charge in [0.05, 0.1) is 27.4 Å². The molecule has 0 aliphatic heterocycles. The molecule has 8 rings (SSSR count). The van der Waals surface area contributed by atoms with Gasteiger partial charge >= 0.3 is 0 Å². The minimum atomic E-state index is 0.754. The molecular formula is C78H86O4. The Bertz CT molecular complexity index is 3110. The lowest BCUT2D eigenvalue weighted by molar-refractivity contribution is 0.304. The molecule has 0 atom stereocenters. The molecule has 0 amide bonds. The van der Waals surface area contributed by atoms with Gasteiger partial charge in [-0.1, -0.05) is 268 Å². The molecule has 0 unspecified atom stereocenters. The molecular weight excluding hydrogens is 1000 g/mol. The average Bonchev–Trinajstić information content (AvgIpc) is 3.71. The van der Waals surface area contributed by atoms with E-state index in [9.17, 15) is 0 Å². The quantitative estimate of drug-likeness (QED) is 0.0303. The summed E-state index contributed by atoms with van der Waals surface area (Å²) in [6.45, 7) is 6.06. The number of methoxy groups -OCH3 is 2. The highest BCUT2D eigenvalue weighted by Crippen LogP contribution is 2.39. The number of benzene rings is 8. The Balaban J connectivity index is 0.995. The summed E-state index contributed by atoms with van der Waals surface area (Å²) in [5, 5.41) is 0. The van der Waals surface area contributed by atoms with Gasteiger partial charge in [0, 0.05) is 0 Å². The van der Waals surface area contributed by atoms with Crippen molar-refractivity contribution in [1.82, 2.24) is 0 Å². The van der Waals surface area contributed by atoms with Crippen molar-refractivity contribution in [1.29, 1.82) is 0 Å². The van der Waals surface area contributed by atoms with Gasteiger partial charge in [0.25, 0.3) is 0 Å². The molecule has 0 fully saturated rings. The molecule has 8 aromatic carbocycles. The van der Waals surface area contributed by atoms with Crippen molar-refractivity contribution in [2.75, 3.05) is 27.4 Å². The predicted octanol–water partition coefficient (Wildman–Crippen LogP) is 21.9. The molecule has 0 heterocycles. The maximum absolute atomic E-state index is 6.23. The molecule has 4 heteroatoms. The Kier molecular flexibility index (Phi) is 24.6. The minimum Gasteiger partial charge on any atom is -0.497 e. The van der Waals surface area contributed by atoms with E-state index in [1.807, 2.05) is 24.3 Å². The Morgan fingerprint density at radius 2 is 0.622 bits per heavy atom. The van der Waals surface area contributed by atoms with Crippen LogP contribution in [-0.4, -0.2) is 27.4 Å². The second kappa shape index (κ2) is 33.6. The van der Waals surface area contributed by atoms with Crippen LogP contribution in [0, 0.1) is 0 Å². The van der Waals surface area contributed by atoms with Crippen LogP contribution in [0.25, 0.3) is 58.7 Å². The van der Waals surface area contributed by atoms with E-state index in [1.165, 1.54) is 89.9 Å². The van der Waals surface area contributed by atoms with Crippen molar-refractivity contribution in [2.45, 2.75) is 117 Å². The highest BCUT2D eigenvalue weighted by Gasteiger charge is 2.17. The molecule has 0 aliphatic rings. The molecule has 0 N–H and O–H groups in total. The third kappa shape index (κ3) is 19.3. The van der Waals surface area contributed by atoms with Crippen molar-refractivity contribution in [2.24, 2.45) is 0 Å². The number of ether oxygens (including phenoxy) is 4. The predicted molar refractivity (Wildman–Crippen MR) is 352 cm³/mol. The Hall–Kier alpha value is -8.08. The second-order valence-corrected chi connectivity index (χ2v) is 21.5. The second-order valence-electron chi connectivity index (χ2n) is 21.5. The zero-order valence-electron chi connectivity index (χ0n) is 49.3. The molecule has 4 nitrogen and oxygen atoms in total. The lowest BCUT2D eigenvalue weighted by atomic mass is 9.85. The van der Waals surface area contributed by atoms with E-state index in [-0.39, 0.29) is 0 Å². The number of hydrogen-bond donors (Lipinski definition) is 0. The van der Waals surface area contributed by atoms with Gasteiger partial charge in [0.2, 0.25) is 0 Å². The van der Waals surface area contributed by atoms with Gasteiger partial charge in [-0.2, -0.15) is 0 Å². The van der Waals surface area contributed by atoms with Crippen LogP contribution >= 0.6 is 0 Å². The first-order valence-electron chi connectivity index (χ1n) is 30.4. The molecule has 8 aromatic rings. The first-order chi connectivity index (χ1) is 40.5. The van der Waals surface area contributed by atoms with E-state index in [0.29, 0.717) is 0 Å². The Morgan fingerprint density at radius 1 is 0.280 bits per heavy atom. The SMILES string of the molecule is CCCCCCCCCCOc1cccc(/C=C/c2cc(/C=C/c3ccc(-c4ccc(C(=C(c5ccc(OC)cc5)c5ccc(OC)cc5)c5ccccc5)cc4)cc3)cc(/C=C/c3cccc(OCCCCCCCCCC)c3)c2)c1. The van der Waals surface area contributed by atoms with E-state index in [0.717, 1.165) is 127 Å². The van der Waals surface area contributed by atoms with Gasteiger partial charge in [-0.3, -0.25) is 0 Å². The molecule has 0 saturated carbocycles. The van der Waals surface area contributed by atoms with Crippen LogP contribution in [0.3, 0.4) is 0 Å². The van der Waals surface area contributed by atoms with E-state index in [4.69, 9.17) is 18.9 Å². The first kappa shape index (κ1) is 60.0. The summed E-state index contributed by atoms with van der Waals surface area (Å²) in [6, 6.07) is 68.8. The summed E-state index contributed by atoms with van der Waals surface area (Å²) in [4.78, 5) is 0. The molecule has 0 radical (unpaired) electrons. The van der Waals surface area contributed by atoms with Crippen molar-refractivity contribution >= 4 is 47.6 Å². The topological polar surface area (TPSA) is 36.9 Å². The van der Waals surface area contributed by atoms with Crippen LogP contribution in [0.2, 0.25) is 0 Å². The summed E-state index contributed by atoms with van der Waals surface area (Å²) in [7, 11) is 3.41. The standard InChI is InChI=1S/C78H86O4/c1-5-7-9-11-13-15-17-22-54-81-75-30-24-26-62(59-75)33-36-65-56-64(57-66(58-65)37-34-63-27-25-31-76(60-63)82-55-23-18-16-14-12-10-8-6-2)35-32-61-38-40-67(41-39-61)68-42-44-70(45-43-68)77(69-28-20-19-21-29-69)78(71-46-50-73(79-3)51-47-71)72-48-52-74(80-4)53-49-72/h19-21,24-53,56-60H,5-18,22-23,54-55H2,1-4H3/b35-32+,36-33+,37-34+. The van der Waals surface area contributed by atoms with Crippen LogP contribution in [0.5, 0.6) is 23.0 Å². The van der Waals surface area contributed by atoms with Crippen LogP contribution in [0.1, 0.15) is 172 Å². The number of rotatable bonds is 33. The lowest BCUT2D eigenvalue weighted by Crippen LogP contribution is -1.98. The lowest BCUT2D eigenvalue weighted by Gasteiger charge is -2.19. The molecule has 422 valence electrons. The zero-order valence-corrected chi connectivity index (χ0v) is 49.3. The average molecular weight is 1090 g/mol. The monoisotopic (exact) mass is 1090 g/mol. The van der Waals surface area contributed by atoms with E-state index in [1.54, 1.807) is 14.2 Å². The summed E-state index contributed by atoms with van der Waals surface area (Å²) >= 11 is 0. The van der Waals surface area contributed by atoms with Gasteiger partial charge in [-0.25, -0.2) is 0 Å². The molecule has 0 bridgehead atoms. The fraction of sp³-hybridized carbons (Fsp3) is 0.282. The molecule has 82 heavy (non-hydrogen) atoms. The summed E-state index contributed by atoms with van der Waals surface area (Å²) in [5.74, 6) is 3.49. The fourth-order valence-corrected chi connectivity index (χ4v) is 10.5.